The van der Waals surface area contributed by atoms with Gasteiger partial charge in [-0.1, -0.05) is 33.1 Å². The molecule has 0 aromatic carbocycles. The molecule has 0 radical (unpaired) electrons. The van der Waals surface area contributed by atoms with Crippen molar-refractivity contribution >= 4 is 0 Å². The number of nitrogens with one attached hydrogen (secondary N) is 1. The molecular formula is C16H31N. The Hall–Kier alpha value is -0.0400. The van der Waals surface area contributed by atoms with E-state index in [1.807, 2.05) is 0 Å². The van der Waals surface area contributed by atoms with Crippen molar-refractivity contribution in [1.29, 1.82) is 0 Å². The maximum absolute atomic E-state index is 3.93. The third kappa shape index (κ3) is 4.62. The summed E-state index contributed by atoms with van der Waals surface area (Å²) in [5, 5.41) is 3.93. The fraction of sp³-hybridized carbons (Fsp3) is 1.00. The first-order chi connectivity index (χ1) is 8.24. The van der Waals surface area contributed by atoms with Crippen LogP contribution < -0.4 is 5.32 Å². The summed E-state index contributed by atoms with van der Waals surface area (Å²) < 4.78 is 0. The minimum absolute atomic E-state index is 0.849. The van der Waals surface area contributed by atoms with E-state index in [0.717, 1.165) is 23.9 Å². The van der Waals surface area contributed by atoms with Gasteiger partial charge in [0.05, 0.1) is 0 Å². The quantitative estimate of drug-likeness (QED) is 0.758. The van der Waals surface area contributed by atoms with E-state index in [1.54, 1.807) is 0 Å². The van der Waals surface area contributed by atoms with Gasteiger partial charge >= 0.3 is 0 Å². The first kappa shape index (κ1) is 13.4. The van der Waals surface area contributed by atoms with Gasteiger partial charge in [-0.3, -0.25) is 0 Å². The lowest BCUT2D eigenvalue weighted by Gasteiger charge is -2.34. The van der Waals surface area contributed by atoms with Gasteiger partial charge in [-0.2, -0.15) is 0 Å². The van der Waals surface area contributed by atoms with Crippen molar-refractivity contribution < 1.29 is 0 Å². The van der Waals surface area contributed by atoms with E-state index in [4.69, 9.17) is 0 Å². The topological polar surface area (TPSA) is 12.0 Å². The van der Waals surface area contributed by atoms with Crippen LogP contribution in [0.1, 0.15) is 78.1 Å². The molecule has 0 heterocycles. The van der Waals surface area contributed by atoms with Crippen LogP contribution in [0, 0.1) is 11.8 Å². The molecule has 2 aliphatic rings. The van der Waals surface area contributed by atoms with Crippen LogP contribution in [-0.4, -0.2) is 12.1 Å². The van der Waals surface area contributed by atoms with Crippen LogP contribution in [0.4, 0.5) is 0 Å². The Morgan fingerprint density at radius 1 is 0.824 bits per heavy atom. The van der Waals surface area contributed by atoms with Gasteiger partial charge < -0.3 is 5.32 Å². The van der Waals surface area contributed by atoms with E-state index in [2.05, 4.69) is 19.2 Å². The lowest BCUT2D eigenvalue weighted by atomic mass is 9.81. The maximum atomic E-state index is 3.93. The summed E-state index contributed by atoms with van der Waals surface area (Å²) >= 11 is 0. The van der Waals surface area contributed by atoms with Crippen LogP contribution >= 0.6 is 0 Å². The lowest BCUT2D eigenvalue weighted by molar-refractivity contribution is 0.232. The molecule has 0 saturated heterocycles. The third-order valence-corrected chi connectivity index (χ3v) is 4.73. The molecule has 0 spiro atoms. The third-order valence-electron chi connectivity index (χ3n) is 4.73. The number of hydrogen-bond donors (Lipinski definition) is 1. The molecule has 0 aliphatic heterocycles. The average Bonchev–Trinajstić information content (AvgIpc) is 2.32. The molecular weight excluding hydrogens is 206 g/mol. The highest BCUT2D eigenvalue weighted by atomic mass is 15.0. The van der Waals surface area contributed by atoms with Crippen LogP contribution in [0.5, 0.6) is 0 Å². The fourth-order valence-electron chi connectivity index (χ4n) is 3.83. The first-order valence-electron chi connectivity index (χ1n) is 8.00. The van der Waals surface area contributed by atoms with Crippen molar-refractivity contribution in [3.05, 3.63) is 0 Å². The maximum Gasteiger partial charge on any atom is 0.00698 e. The van der Waals surface area contributed by atoms with E-state index in [0.29, 0.717) is 0 Å². The Bertz CT molecular complexity index is 198. The number of hydrogen-bond acceptors (Lipinski definition) is 1. The second-order valence-corrected chi connectivity index (χ2v) is 6.85. The smallest absolute Gasteiger partial charge is 0.00698 e. The molecule has 17 heavy (non-hydrogen) atoms. The summed E-state index contributed by atoms with van der Waals surface area (Å²) in [6.45, 7) is 4.73. The van der Waals surface area contributed by atoms with Gasteiger partial charge in [0.2, 0.25) is 0 Å². The Balaban J connectivity index is 1.64. The van der Waals surface area contributed by atoms with Crippen LogP contribution in [0.15, 0.2) is 0 Å². The normalized spacial score (nSPS) is 31.9. The minimum atomic E-state index is 0.849. The predicted octanol–water partition coefficient (Wildman–Crippen LogP) is 4.51. The Labute approximate surface area is 108 Å². The molecule has 100 valence electrons. The van der Waals surface area contributed by atoms with E-state index in [1.165, 1.54) is 64.2 Å². The van der Waals surface area contributed by atoms with Gasteiger partial charge in [-0.15, -0.1) is 0 Å². The highest BCUT2D eigenvalue weighted by Gasteiger charge is 2.24. The molecule has 0 aromatic rings. The summed E-state index contributed by atoms with van der Waals surface area (Å²) in [5.41, 5.74) is 0. The lowest BCUT2D eigenvalue weighted by Crippen LogP contribution is -2.41. The monoisotopic (exact) mass is 237 g/mol. The summed E-state index contributed by atoms with van der Waals surface area (Å²) in [5.74, 6) is 1.92. The molecule has 1 N–H and O–H groups in total. The van der Waals surface area contributed by atoms with Crippen LogP contribution in [0.2, 0.25) is 0 Å². The Morgan fingerprint density at radius 2 is 1.41 bits per heavy atom. The summed E-state index contributed by atoms with van der Waals surface area (Å²) in [4.78, 5) is 0. The zero-order chi connectivity index (χ0) is 12.1. The van der Waals surface area contributed by atoms with Crippen LogP contribution in [-0.2, 0) is 0 Å². The van der Waals surface area contributed by atoms with Gasteiger partial charge in [0.15, 0.2) is 0 Å². The van der Waals surface area contributed by atoms with Crippen LogP contribution in [0.3, 0.4) is 0 Å². The molecule has 0 aromatic heterocycles. The predicted molar refractivity (Wildman–Crippen MR) is 75.2 cm³/mol. The van der Waals surface area contributed by atoms with Gasteiger partial charge in [0.25, 0.3) is 0 Å². The molecule has 2 aliphatic carbocycles. The zero-order valence-corrected chi connectivity index (χ0v) is 11.9. The van der Waals surface area contributed by atoms with Crippen LogP contribution in [0.25, 0.3) is 0 Å². The molecule has 0 atom stereocenters. The molecule has 2 saturated carbocycles. The summed E-state index contributed by atoms with van der Waals surface area (Å²) in [6, 6.07) is 1.71. The van der Waals surface area contributed by atoms with Gasteiger partial charge in [0, 0.05) is 12.1 Å². The van der Waals surface area contributed by atoms with Crippen molar-refractivity contribution in [3.63, 3.8) is 0 Å². The van der Waals surface area contributed by atoms with Crippen molar-refractivity contribution in [2.45, 2.75) is 90.1 Å². The van der Waals surface area contributed by atoms with Crippen molar-refractivity contribution in [2.24, 2.45) is 11.8 Å². The van der Waals surface area contributed by atoms with Gasteiger partial charge in [-0.05, 0) is 56.8 Å². The first-order valence-corrected chi connectivity index (χ1v) is 8.00. The molecule has 1 nitrogen and oxygen atoms in total. The second-order valence-electron chi connectivity index (χ2n) is 6.85. The van der Waals surface area contributed by atoms with Crippen molar-refractivity contribution in [2.75, 3.05) is 0 Å². The van der Waals surface area contributed by atoms with Crippen molar-refractivity contribution in [1.82, 2.24) is 5.32 Å². The largest absolute Gasteiger partial charge is 0.311 e. The molecule has 0 unspecified atom stereocenters. The standard InChI is InChI=1S/C16H31N/c1-13(2)12-14-8-10-16(11-9-14)17-15-6-4-3-5-7-15/h13-17H,3-12H2,1-2H3. The Kier molecular flexibility index (Phi) is 5.34. The van der Waals surface area contributed by atoms with E-state index in [9.17, 15) is 0 Å². The molecule has 2 rings (SSSR count). The van der Waals surface area contributed by atoms with Crippen molar-refractivity contribution in [3.8, 4) is 0 Å². The minimum Gasteiger partial charge on any atom is -0.311 e. The van der Waals surface area contributed by atoms with E-state index < -0.39 is 0 Å². The molecule has 2 fully saturated rings. The average molecular weight is 237 g/mol. The molecule has 0 amide bonds. The van der Waals surface area contributed by atoms with E-state index >= 15 is 0 Å². The van der Waals surface area contributed by atoms with E-state index in [-0.39, 0.29) is 0 Å². The van der Waals surface area contributed by atoms with Gasteiger partial charge in [0.1, 0.15) is 0 Å². The second kappa shape index (κ2) is 6.78. The SMILES string of the molecule is CC(C)CC1CCC(NC2CCCCC2)CC1. The number of rotatable bonds is 4. The highest BCUT2D eigenvalue weighted by Crippen LogP contribution is 2.30. The summed E-state index contributed by atoms with van der Waals surface area (Å²) in [6.07, 6.45) is 14.5. The van der Waals surface area contributed by atoms with Gasteiger partial charge in [-0.25, -0.2) is 0 Å². The molecule has 1 heteroatoms. The summed E-state index contributed by atoms with van der Waals surface area (Å²) in [7, 11) is 0. The molecule has 0 bridgehead atoms. The fourth-order valence-corrected chi connectivity index (χ4v) is 3.83. The highest BCUT2D eigenvalue weighted by molar-refractivity contribution is 4.82. The Morgan fingerprint density at radius 3 is 2.00 bits per heavy atom. The zero-order valence-electron chi connectivity index (χ0n) is 11.9.